The Balaban J connectivity index is 1.32. The van der Waals surface area contributed by atoms with Crippen molar-refractivity contribution in [3.63, 3.8) is 0 Å². The SMILES string of the molecule is C#Cc1c(F)ccc2cccc(-c3ncc4c(N(C)[C@H]5CCN(C(=O)OC(C)(C)C)[C@H]5C)nc(OC[C@@]56CCCN5C[C@H](F)C6)nc4c3F)c12. The number of amides is 1. The minimum absolute atomic E-state index is 0.0133. The van der Waals surface area contributed by atoms with Crippen LogP contribution in [0, 0.1) is 24.0 Å². The third-order valence-corrected chi connectivity index (χ3v) is 10.4. The van der Waals surface area contributed by atoms with E-state index in [2.05, 4.69) is 20.8 Å². The highest BCUT2D eigenvalue weighted by Crippen LogP contribution is 2.41. The fourth-order valence-electron chi connectivity index (χ4n) is 8.06. The molecule has 0 bridgehead atoms. The summed E-state index contributed by atoms with van der Waals surface area (Å²) in [6.07, 6.45) is 8.55. The first-order valence-electron chi connectivity index (χ1n) is 17.1. The van der Waals surface area contributed by atoms with E-state index < -0.39 is 35.0 Å². The number of alkyl halides is 1. The maximum absolute atomic E-state index is 16.9. The second kappa shape index (κ2) is 12.6. The number of rotatable bonds is 6. The molecule has 4 atom stereocenters. The number of likely N-dealkylation sites (N-methyl/N-ethyl adjacent to an activating group) is 1. The van der Waals surface area contributed by atoms with Gasteiger partial charge in [0, 0.05) is 43.7 Å². The van der Waals surface area contributed by atoms with E-state index in [1.807, 2.05) is 39.6 Å². The minimum atomic E-state index is -0.945. The molecule has 0 radical (unpaired) electrons. The fourth-order valence-corrected chi connectivity index (χ4v) is 8.06. The van der Waals surface area contributed by atoms with Gasteiger partial charge in [-0.25, -0.2) is 18.0 Å². The van der Waals surface area contributed by atoms with Crippen molar-refractivity contribution in [3.8, 4) is 29.6 Å². The van der Waals surface area contributed by atoms with E-state index in [1.54, 1.807) is 29.2 Å². The summed E-state index contributed by atoms with van der Waals surface area (Å²) in [7, 11) is 1.84. The third-order valence-electron chi connectivity index (χ3n) is 10.4. The standard InChI is InChI=1S/C38H41F3N6O3/c1-7-25-28(40)13-12-23-10-8-11-26(30(23)25)32-31(41)33-27(19-42-32)34(45(6)29-14-17-47(22(29)2)36(48)50-37(3,4)5)44-35(43-33)49-21-38-15-9-16-46(38)20-24(39)18-38/h1,8,10-13,19,22,24,29H,9,14-18,20-21H2,2-6H3/t22-,24+,29-,38-/m0/s1. The number of likely N-dealkylation sites (tertiary alicyclic amines) is 1. The topological polar surface area (TPSA) is 83.9 Å². The first kappa shape index (κ1) is 33.8. The molecule has 7 rings (SSSR count). The predicted molar refractivity (Wildman–Crippen MR) is 186 cm³/mol. The monoisotopic (exact) mass is 686 g/mol. The van der Waals surface area contributed by atoms with Crippen LogP contribution < -0.4 is 9.64 Å². The number of anilines is 1. The number of carbonyl (C=O) groups is 1. The highest BCUT2D eigenvalue weighted by atomic mass is 19.1. The molecule has 0 spiro atoms. The van der Waals surface area contributed by atoms with Crippen molar-refractivity contribution in [3.05, 3.63) is 53.7 Å². The zero-order valence-corrected chi connectivity index (χ0v) is 29.0. The molecule has 3 aliphatic heterocycles. The molecule has 2 aromatic carbocycles. The number of terminal acetylenes is 1. The maximum atomic E-state index is 16.9. The summed E-state index contributed by atoms with van der Waals surface area (Å²) in [6.45, 7) is 9.19. The van der Waals surface area contributed by atoms with E-state index in [-0.39, 0.29) is 41.5 Å². The zero-order chi connectivity index (χ0) is 35.5. The van der Waals surface area contributed by atoms with Crippen molar-refractivity contribution in [2.75, 3.05) is 38.2 Å². The van der Waals surface area contributed by atoms with Crippen molar-refractivity contribution >= 4 is 33.6 Å². The number of nitrogens with zero attached hydrogens (tertiary/aromatic N) is 6. The predicted octanol–water partition coefficient (Wildman–Crippen LogP) is 6.89. The molecule has 4 aromatic rings. The van der Waals surface area contributed by atoms with Crippen molar-refractivity contribution in [2.24, 2.45) is 0 Å². The number of benzene rings is 2. The molecule has 5 heterocycles. The Morgan fingerprint density at radius 3 is 2.74 bits per heavy atom. The molecule has 12 heteroatoms. The number of carbonyl (C=O) groups excluding carboxylic acids is 1. The van der Waals surface area contributed by atoms with Gasteiger partial charge in [-0.05, 0) is 65.0 Å². The van der Waals surface area contributed by atoms with Gasteiger partial charge in [0.1, 0.15) is 41.2 Å². The quantitative estimate of drug-likeness (QED) is 0.203. The van der Waals surface area contributed by atoms with Crippen LogP contribution in [0.3, 0.4) is 0 Å². The highest BCUT2D eigenvalue weighted by molar-refractivity contribution is 6.02. The van der Waals surface area contributed by atoms with Crippen molar-refractivity contribution in [1.82, 2.24) is 24.8 Å². The van der Waals surface area contributed by atoms with E-state index in [0.717, 1.165) is 19.4 Å². The van der Waals surface area contributed by atoms with Crippen LogP contribution in [-0.2, 0) is 4.74 Å². The van der Waals surface area contributed by atoms with Crippen LogP contribution in [0.1, 0.15) is 58.9 Å². The van der Waals surface area contributed by atoms with Crippen LogP contribution >= 0.6 is 0 Å². The van der Waals surface area contributed by atoms with Gasteiger partial charge in [0.25, 0.3) is 0 Å². The normalized spacial score (nSPS) is 23.7. The Morgan fingerprint density at radius 1 is 1.18 bits per heavy atom. The molecule has 0 saturated carbocycles. The van der Waals surface area contributed by atoms with Crippen molar-refractivity contribution in [2.45, 2.75) is 82.8 Å². The van der Waals surface area contributed by atoms with Crippen LogP contribution in [0.2, 0.25) is 0 Å². The molecule has 3 aliphatic rings. The lowest BCUT2D eigenvalue weighted by molar-refractivity contribution is 0.0233. The van der Waals surface area contributed by atoms with Crippen LogP contribution in [0.4, 0.5) is 23.8 Å². The van der Waals surface area contributed by atoms with Crippen LogP contribution in [-0.4, -0.2) is 93.5 Å². The van der Waals surface area contributed by atoms with Gasteiger partial charge in [-0.1, -0.05) is 30.2 Å². The highest BCUT2D eigenvalue weighted by Gasteiger charge is 2.49. The summed E-state index contributed by atoms with van der Waals surface area (Å²) >= 11 is 0. The van der Waals surface area contributed by atoms with Gasteiger partial charge >= 0.3 is 12.1 Å². The van der Waals surface area contributed by atoms with E-state index in [0.29, 0.717) is 53.5 Å². The van der Waals surface area contributed by atoms with Gasteiger partial charge in [0.2, 0.25) is 0 Å². The van der Waals surface area contributed by atoms with Crippen LogP contribution in [0.25, 0.3) is 32.9 Å². The molecule has 9 nitrogen and oxygen atoms in total. The molecular formula is C38H41F3N6O3. The number of fused-ring (bicyclic) bond motifs is 3. The van der Waals surface area contributed by atoms with Gasteiger partial charge in [-0.2, -0.15) is 9.97 Å². The summed E-state index contributed by atoms with van der Waals surface area (Å²) in [5.41, 5.74) is -0.877. The summed E-state index contributed by atoms with van der Waals surface area (Å²) in [5.74, 6) is 1.45. The van der Waals surface area contributed by atoms with Crippen molar-refractivity contribution < 1.29 is 27.4 Å². The molecule has 3 saturated heterocycles. The second-order valence-corrected chi connectivity index (χ2v) is 14.7. The Labute approximate surface area is 289 Å². The number of ether oxygens (including phenoxy) is 2. The number of aromatic nitrogens is 3. The minimum Gasteiger partial charge on any atom is -0.461 e. The van der Waals surface area contributed by atoms with Crippen LogP contribution in [0.15, 0.2) is 36.5 Å². The Hall–Kier alpha value is -4.63. The van der Waals surface area contributed by atoms with Gasteiger partial charge in [-0.15, -0.1) is 6.42 Å². The maximum Gasteiger partial charge on any atom is 0.410 e. The smallest absolute Gasteiger partial charge is 0.410 e. The van der Waals surface area contributed by atoms with Gasteiger partial charge < -0.3 is 19.3 Å². The first-order chi connectivity index (χ1) is 23.8. The van der Waals surface area contributed by atoms with Gasteiger partial charge in [0.15, 0.2) is 5.82 Å². The summed E-state index contributed by atoms with van der Waals surface area (Å²) in [6, 6.07) is 7.52. The molecule has 0 N–H and O–H groups in total. The largest absolute Gasteiger partial charge is 0.461 e. The summed E-state index contributed by atoms with van der Waals surface area (Å²) in [4.78, 5) is 32.7. The molecule has 0 unspecified atom stereocenters. The number of pyridine rings is 1. The lowest BCUT2D eigenvalue weighted by Gasteiger charge is -2.33. The second-order valence-electron chi connectivity index (χ2n) is 14.7. The first-order valence-corrected chi connectivity index (χ1v) is 17.1. The Morgan fingerprint density at radius 2 is 1.98 bits per heavy atom. The zero-order valence-electron chi connectivity index (χ0n) is 29.0. The Kier molecular flexibility index (Phi) is 8.53. The van der Waals surface area contributed by atoms with E-state index in [9.17, 15) is 13.6 Å². The lowest BCUT2D eigenvalue weighted by atomic mass is 9.95. The Bertz CT molecular complexity index is 2030. The fraction of sp³-hybridized carbons (Fsp3) is 0.474. The number of halogens is 3. The molecule has 1 amide bonds. The lowest BCUT2D eigenvalue weighted by Crippen LogP contribution is -2.45. The summed E-state index contributed by atoms with van der Waals surface area (Å²) < 4.78 is 58.3. The molecule has 50 heavy (non-hydrogen) atoms. The van der Waals surface area contributed by atoms with E-state index in [4.69, 9.17) is 20.9 Å². The number of hydrogen-bond donors (Lipinski definition) is 0. The van der Waals surface area contributed by atoms with Gasteiger partial charge in [0.05, 0.1) is 28.6 Å². The van der Waals surface area contributed by atoms with Crippen molar-refractivity contribution in [1.29, 1.82) is 0 Å². The molecular weight excluding hydrogens is 645 g/mol. The van der Waals surface area contributed by atoms with E-state index >= 15 is 4.39 Å². The molecule has 0 aliphatic carbocycles. The third kappa shape index (κ3) is 5.85. The number of hydrogen-bond acceptors (Lipinski definition) is 8. The van der Waals surface area contributed by atoms with Gasteiger partial charge in [-0.3, -0.25) is 9.88 Å². The van der Waals surface area contributed by atoms with Crippen LogP contribution in [0.5, 0.6) is 6.01 Å². The summed E-state index contributed by atoms with van der Waals surface area (Å²) in [5, 5.41) is 1.34. The molecule has 3 fully saturated rings. The average Bonchev–Trinajstić information content (AvgIpc) is 3.74. The van der Waals surface area contributed by atoms with E-state index in [1.165, 1.54) is 12.3 Å². The molecule has 2 aromatic heterocycles. The molecule has 262 valence electrons. The average molecular weight is 687 g/mol.